The van der Waals surface area contributed by atoms with Crippen molar-refractivity contribution in [2.75, 3.05) is 32.7 Å². The van der Waals surface area contributed by atoms with Crippen LogP contribution in [0.15, 0.2) is 18.2 Å². The molecule has 4 heterocycles. The van der Waals surface area contributed by atoms with E-state index in [9.17, 15) is 14.4 Å². The van der Waals surface area contributed by atoms with E-state index in [0.717, 1.165) is 68.6 Å². The van der Waals surface area contributed by atoms with E-state index in [1.54, 1.807) is 4.68 Å². The molecule has 3 aliphatic heterocycles. The number of benzene rings is 1. The number of aryl methyl sites for hydroxylation is 1. The maximum Gasteiger partial charge on any atom is 0.410 e. The average molecular weight is 526 g/mol. The van der Waals surface area contributed by atoms with Gasteiger partial charge in [0.05, 0.1) is 17.1 Å². The lowest BCUT2D eigenvalue weighted by molar-refractivity contribution is -0.134. The van der Waals surface area contributed by atoms with E-state index in [0.29, 0.717) is 24.5 Å². The summed E-state index contributed by atoms with van der Waals surface area (Å²) < 4.78 is 13.7. The number of hydrogen-bond acceptors (Lipinski definition) is 7. The van der Waals surface area contributed by atoms with E-state index >= 15 is 0 Å². The molecule has 0 aliphatic carbocycles. The van der Waals surface area contributed by atoms with Crippen LogP contribution in [0.3, 0.4) is 0 Å². The zero-order chi connectivity index (χ0) is 27.0. The minimum atomic E-state index is -0.463. The summed E-state index contributed by atoms with van der Waals surface area (Å²) in [7, 11) is 1.87. The summed E-state index contributed by atoms with van der Waals surface area (Å²) in [6.45, 7) is 10.1. The van der Waals surface area contributed by atoms with Crippen LogP contribution in [0.4, 0.5) is 4.79 Å². The van der Waals surface area contributed by atoms with Crippen LogP contribution >= 0.6 is 0 Å². The smallest absolute Gasteiger partial charge is 0.410 e. The zero-order valence-corrected chi connectivity index (χ0v) is 22.9. The highest BCUT2D eigenvalue weighted by atomic mass is 16.6. The lowest BCUT2D eigenvalue weighted by Gasteiger charge is -2.34. The molecule has 1 N–H and O–H groups in total. The van der Waals surface area contributed by atoms with Gasteiger partial charge in [-0.25, -0.2) is 4.79 Å². The summed E-state index contributed by atoms with van der Waals surface area (Å²) in [5.41, 5.74) is 1.16. The fourth-order valence-electron chi connectivity index (χ4n) is 5.79. The minimum Gasteiger partial charge on any atom is -0.489 e. The van der Waals surface area contributed by atoms with Crippen LogP contribution in [0.5, 0.6) is 5.75 Å². The van der Waals surface area contributed by atoms with Crippen LogP contribution in [0.2, 0.25) is 0 Å². The van der Waals surface area contributed by atoms with E-state index in [1.165, 1.54) is 0 Å². The van der Waals surface area contributed by atoms with Gasteiger partial charge >= 0.3 is 6.09 Å². The molecule has 3 fully saturated rings. The average Bonchev–Trinajstić information content (AvgIpc) is 3.42. The van der Waals surface area contributed by atoms with Gasteiger partial charge in [0.2, 0.25) is 11.8 Å². The van der Waals surface area contributed by atoms with E-state index in [2.05, 4.69) is 15.3 Å². The normalized spacial score (nSPS) is 23.6. The van der Waals surface area contributed by atoms with Crippen LogP contribution in [-0.2, 0) is 21.4 Å². The summed E-state index contributed by atoms with van der Waals surface area (Å²) in [5, 5.41) is 7.97. The second-order valence-electron chi connectivity index (χ2n) is 11.9. The first-order chi connectivity index (χ1) is 18.1. The zero-order valence-electron chi connectivity index (χ0n) is 22.9. The Labute approximate surface area is 223 Å². The van der Waals surface area contributed by atoms with E-state index < -0.39 is 11.5 Å². The highest BCUT2D eigenvalue weighted by Gasteiger charge is 2.33. The molecule has 1 aromatic heterocycles. The van der Waals surface area contributed by atoms with Gasteiger partial charge in [-0.05, 0) is 64.5 Å². The van der Waals surface area contributed by atoms with Gasteiger partial charge < -0.3 is 14.4 Å². The number of nitrogens with one attached hydrogen (secondary N) is 1. The fraction of sp³-hybridized carbons (Fsp3) is 0.643. The molecule has 3 amide bonds. The van der Waals surface area contributed by atoms with Crippen LogP contribution in [0.25, 0.3) is 10.9 Å². The number of ether oxygens (including phenoxy) is 2. The minimum absolute atomic E-state index is 0.122. The SMILES string of the molecule is Cn1nc(C2CCC(=O)NC2=O)c2ccc(O[C@H]3CCN(CC4CCN(C(=O)OC(C)(C)C)CC4)C3)cc21. The predicted molar refractivity (Wildman–Crippen MR) is 142 cm³/mol. The standard InChI is InChI=1S/C28H39N5O5/c1-28(2,3)38-27(36)33-13-9-18(10-14-33)16-32-12-11-20(17-32)37-19-5-6-21-23(15-19)31(4)30-25(21)22-7-8-24(34)29-26(22)35/h5-6,15,18,20,22H,7-14,16-17H2,1-4H3,(H,29,34,35)/t20-,22?/m0/s1. The summed E-state index contributed by atoms with van der Waals surface area (Å²) in [6.07, 6.45) is 3.69. The molecule has 2 aromatic rings. The van der Waals surface area contributed by atoms with Crippen molar-refractivity contribution in [1.82, 2.24) is 24.9 Å². The monoisotopic (exact) mass is 525 g/mol. The first kappa shape index (κ1) is 26.5. The van der Waals surface area contributed by atoms with Crippen molar-refractivity contribution in [3.05, 3.63) is 23.9 Å². The Hall–Kier alpha value is -3.14. The van der Waals surface area contributed by atoms with Gasteiger partial charge in [-0.15, -0.1) is 0 Å². The number of aromatic nitrogens is 2. The number of likely N-dealkylation sites (tertiary alicyclic amines) is 2. The Bertz CT molecular complexity index is 1210. The van der Waals surface area contributed by atoms with Gasteiger partial charge in [0, 0.05) is 57.6 Å². The number of carbonyl (C=O) groups excluding carboxylic acids is 3. The van der Waals surface area contributed by atoms with Crippen molar-refractivity contribution in [2.24, 2.45) is 13.0 Å². The molecular weight excluding hydrogens is 486 g/mol. The third kappa shape index (κ3) is 5.95. The van der Waals surface area contributed by atoms with Crippen LogP contribution < -0.4 is 10.1 Å². The van der Waals surface area contributed by atoms with Crippen LogP contribution in [0, 0.1) is 5.92 Å². The van der Waals surface area contributed by atoms with E-state index in [1.807, 2.05) is 50.9 Å². The molecule has 2 atom stereocenters. The summed E-state index contributed by atoms with van der Waals surface area (Å²) in [6, 6.07) is 5.92. The van der Waals surface area contributed by atoms with E-state index in [-0.39, 0.29) is 24.0 Å². The maximum absolute atomic E-state index is 12.4. The second kappa shape index (κ2) is 10.6. The van der Waals surface area contributed by atoms with Crippen molar-refractivity contribution in [3.63, 3.8) is 0 Å². The predicted octanol–water partition coefficient (Wildman–Crippen LogP) is 3.19. The molecule has 10 nitrogen and oxygen atoms in total. The number of rotatable bonds is 5. The number of imide groups is 1. The van der Waals surface area contributed by atoms with Crippen molar-refractivity contribution < 1.29 is 23.9 Å². The molecule has 3 aliphatic rings. The number of hydrogen-bond donors (Lipinski definition) is 1. The molecule has 1 aromatic carbocycles. The van der Waals surface area contributed by atoms with Gasteiger partial charge in [0.1, 0.15) is 17.5 Å². The Balaban J connectivity index is 1.13. The number of piperidine rings is 2. The molecule has 5 rings (SSSR count). The van der Waals surface area contributed by atoms with Crippen molar-refractivity contribution in [1.29, 1.82) is 0 Å². The molecule has 38 heavy (non-hydrogen) atoms. The summed E-state index contributed by atoms with van der Waals surface area (Å²) in [5.74, 6) is 0.460. The lowest BCUT2D eigenvalue weighted by Crippen LogP contribution is -2.43. The van der Waals surface area contributed by atoms with Gasteiger partial charge in [-0.2, -0.15) is 5.10 Å². The van der Waals surface area contributed by atoms with Gasteiger partial charge in [-0.1, -0.05) is 0 Å². The molecule has 0 saturated carbocycles. The number of carbonyl (C=O) groups is 3. The van der Waals surface area contributed by atoms with Crippen LogP contribution in [0.1, 0.15) is 64.5 Å². The second-order valence-corrected chi connectivity index (χ2v) is 11.9. The molecule has 0 spiro atoms. The molecule has 1 unspecified atom stereocenters. The Morgan fingerprint density at radius 1 is 1.11 bits per heavy atom. The Morgan fingerprint density at radius 3 is 2.58 bits per heavy atom. The lowest BCUT2D eigenvalue weighted by atomic mass is 9.93. The molecular formula is C28H39N5O5. The topological polar surface area (TPSA) is 106 Å². The third-order valence-electron chi connectivity index (χ3n) is 7.74. The highest BCUT2D eigenvalue weighted by Crippen LogP contribution is 2.33. The van der Waals surface area contributed by atoms with Gasteiger partial charge in [0.25, 0.3) is 0 Å². The molecule has 206 valence electrons. The molecule has 10 heteroatoms. The van der Waals surface area contributed by atoms with Crippen molar-refractivity contribution >= 4 is 28.8 Å². The van der Waals surface area contributed by atoms with Crippen LogP contribution in [-0.4, -0.2) is 81.9 Å². The third-order valence-corrected chi connectivity index (χ3v) is 7.74. The largest absolute Gasteiger partial charge is 0.489 e. The quantitative estimate of drug-likeness (QED) is 0.598. The fourth-order valence-corrected chi connectivity index (χ4v) is 5.79. The Kier molecular flexibility index (Phi) is 7.35. The van der Waals surface area contributed by atoms with Crippen molar-refractivity contribution in [3.8, 4) is 5.75 Å². The number of nitrogens with zero attached hydrogens (tertiary/aromatic N) is 4. The summed E-state index contributed by atoms with van der Waals surface area (Å²) in [4.78, 5) is 40.6. The number of amides is 3. The summed E-state index contributed by atoms with van der Waals surface area (Å²) >= 11 is 0. The number of fused-ring (bicyclic) bond motifs is 1. The first-order valence-electron chi connectivity index (χ1n) is 13.7. The van der Waals surface area contributed by atoms with Gasteiger partial charge in [-0.3, -0.25) is 24.5 Å². The first-order valence-corrected chi connectivity index (χ1v) is 13.7. The molecule has 0 radical (unpaired) electrons. The van der Waals surface area contributed by atoms with E-state index in [4.69, 9.17) is 9.47 Å². The highest BCUT2D eigenvalue weighted by molar-refractivity contribution is 6.02. The Morgan fingerprint density at radius 2 is 1.87 bits per heavy atom. The van der Waals surface area contributed by atoms with Gasteiger partial charge in [0.15, 0.2) is 0 Å². The maximum atomic E-state index is 12.4. The molecule has 0 bridgehead atoms. The molecule has 3 saturated heterocycles. The van der Waals surface area contributed by atoms with Crippen molar-refractivity contribution in [2.45, 2.75) is 70.5 Å².